The molecule has 2 aromatic carbocycles. The lowest BCUT2D eigenvalue weighted by Gasteiger charge is -2.37. The molecule has 0 bridgehead atoms. The molecule has 7 heteroatoms. The number of primary amides is 1. The lowest BCUT2D eigenvalue weighted by molar-refractivity contribution is 0.100. The number of thiophene rings is 1. The van der Waals surface area contributed by atoms with E-state index in [9.17, 15) is 4.79 Å². The van der Waals surface area contributed by atoms with E-state index in [2.05, 4.69) is 50.1 Å². The van der Waals surface area contributed by atoms with Crippen molar-refractivity contribution in [1.82, 2.24) is 9.97 Å². The number of hydrogen-bond donors (Lipinski definition) is 1. The third-order valence-corrected chi connectivity index (χ3v) is 6.56. The molecule has 6 nitrogen and oxygen atoms in total. The van der Waals surface area contributed by atoms with Crippen molar-refractivity contribution in [2.24, 2.45) is 5.73 Å². The van der Waals surface area contributed by atoms with Crippen LogP contribution in [0, 0.1) is 0 Å². The topological polar surface area (TPSA) is 75.4 Å². The van der Waals surface area contributed by atoms with Gasteiger partial charge in [0.05, 0.1) is 5.39 Å². The molecule has 0 atom stereocenters. The number of carbonyl (C=O) groups excluding carboxylic acids is 1. The minimum atomic E-state index is -0.398. The predicted octanol–water partition coefficient (Wildman–Crippen LogP) is 3.78. The first-order valence-corrected chi connectivity index (χ1v) is 10.7. The Hall–Kier alpha value is -3.45. The maximum Gasteiger partial charge on any atom is 0.248 e. The third kappa shape index (κ3) is 3.48. The second kappa shape index (κ2) is 7.76. The monoisotopic (exact) mass is 415 g/mol. The van der Waals surface area contributed by atoms with Gasteiger partial charge in [0.1, 0.15) is 17.0 Å². The van der Waals surface area contributed by atoms with Gasteiger partial charge in [-0.25, -0.2) is 9.97 Å². The first-order valence-electron chi connectivity index (χ1n) is 9.89. The minimum Gasteiger partial charge on any atom is -0.368 e. The van der Waals surface area contributed by atoms with Gasteiger partial charge in [0, 0.05) is 42.3 Å². The molecule has 2 aromatic heterocycles. The van der Waals surface area contributed by atoms with Crippen molar-refractivity contribution in [1.29, 1.82) is 0 Å². The molecule has 1 amide bonds. The summed E-state index contributed by atoms with van der Waals surface area (Å²) in [5.41, 5.74) is 8.18. The van der Waals surface area contributed by atoms with Crippen LogP contribution in [-0.2, 0) is 0 Å². The fraction of sp³-hybridized carbons (Fsp3) is 0.174. The highest BCUT2D eigenvalue weighted by Crippen LogP contribution is 2.36. The quantitative estimate of drug-likeness (QED) is 0.549. The van der Waals surface area contributed by atoms with E-state index in [-0.39, 0.29) is 0 Å². The van der Waals surface area contributed by atoms with Crippen molar-refractivity contribution < 1.29 is 4.79 Å². The fourth-order valence-electron chi connectivity index (χ4n) is 3.85. The number of rotatable bonds is 4. The van der Waals surface area contributed by atoms with Gasteiger partial charge in [0.25, 0.3) is 0 Å². The molecule has 5 rings (SSSR count). The van der Waals surface area contributed by atoms with Crippen LogP contribution >= 0.6 is 11.3 Å². The number of piperazine rings is 1. The van der Waals surface area contributed by atoms with Crippen molar-refractivity contribution in [3.8, 4) is 10.4 Å². The maximum atomic E-state index is 11.3. The number of nitrogens with zero attached hydrogens (tertiary/aromatic N) is 4. The Morgan fingerprint density at radius 2 is 1.60 bits per heavy atom. The Balaban J connectivity index is 1.36. The lowest BCUT2D eigenvalue weighted by atomic mass is 10.1. The van der Waals surface area contributed by atoms with E-state index in [4.69, 9.17) is 5.73 Å². The van der Waals surface area contributed by atoms with Gasteiger partial charge >= 0.3 is 0 Å². The predicted molar refractivity (Wildman–Crippen MR) is 122 cm³/mol. The van der Waals surface area contributed by atoms with Crippen LogP contribution < -0.4 is 15.5 Å². The lowest BCUT2D eigenvalue weighted by Crippen LogP contribution is -2.46. The number of fused-ring (bicyclic) bond motifs is 1. The van der Waals surface area contributed by atoms with Gasteiger partial charge in [-0.05, 0) is 35.9 Å². The summed E-state index contributed by atoms with van der Waals surface area (Å²) in [6, 6.07) is 20.1. The zero-order valence-electron chi connectivity index (χ0n) is 16.4. The number of anilines is 2. The Bertz CT molecular complexity index is 1180. The molecule has 0 aliphatic carbocycles. The van der Waals surface area contributed by atoms with E-state index in [0.717, 1.165) is 47.9 Å². The van der Waals surface area contributed by atoms with Gasteiger partial charge in [-0.1, -0.05) is 30.3 Å². The number of aromatic nitrogens is 2. The molecular formula is C23H21N5OS. The molecule has 1 aliphatic rings. The van der Waals surface area contributed by atoms with Crippen molar-refractivity contribution in [3.63, 3.8) is 0 Å². The van der Waals surface area contributed by atoms with Crippen LogP contribution in [0.5, 0.6) is 0 Å². The first-order chi connectivity index (χ1) is 14.7. The molecule has 30 heavy (non-hydrogen) atoms. The maximum absolute atomic E-state index is 11.3. The van der Waals surface area contributed by atoms with Gasteiger partial charge in [-0.2, -0.15) is 0 Å². The van der Waals surface area contributed by atoms with Crippen LogP contribution in [-0.4, -0.2) is 42.1 Å². The number of carbonyl (C=O) groups is 1. The van der Waals surface area contributed by atoms with Crippen LogP contribution in [0.1, 0.15) is 10.4 Å². The summed E-state index contributed by atoms with van der Waals surface area (Å²) >= 11 is 1.70. The van der Waals surface area contributed by atoms with Crippen molar-refractivity contribution in [3.05, 3.63) is 72.6 Å². The summed E-state index contributed by atoms with van der Waals surface area (Å²) in [4.78, 5) is 27.3. The number of hydrogen-bond acceptors (Lipinski definition) is 6. The number of amides is 1. The molecule has 4 aromatic rings. The van der Waals surface area contributed by atoms with E-state index in [1.54, 1.807) is 29.8 Å². The first kappa shape index (κ1) is 18.6. The average molecular weight is 416 g/mol. The molecular weight excluding hydrogens is 394 g/mol. The van der Waals surface area contributed by atoms with E-state index < -0.39 is 5.91 Å². The molecule has 0 spiro atoms. The normalized spacial score (nSPS) is 14.3. The Morgan fingerprint density at radius 3 is 2.30 bits per heavy atom. The highest BCUT2D eigenvalue weighted by molar-refractivity contribution is 7.21. The van der Waals surface area contributed by atoms with Crippen LogP contribution in [0.3, 0.4) is 0 Å². The standard InChI is InChI=1S/C23H21N5OS/c24-21(29)17-6-8-18(9-7-17)27-10-12-28(13-11-27)22-19-14-20(16-4-2-1-3-5-16)30-23(19)26-15-25-22/h1-9,14-15H,10-13H2,(H2,24,29). The zero-order chi connectivity index (χ0) is 20.5. The SMILES string of the molecule is NC(=O)c1ccc(N2CCN(c3ncnc4sc(-c5ccccc5)cc34)CC2)cc1. The summed E-state index contributed by atoms with van der Waals surface area (Å²) in [5, 5.41) is 1.11. The van der Waals surface area contributed by atoms with Gasteiger partial charge in [-0.3, -0.25) is 4.79 Å². The van der Waals surface area contributed by atoms with Crippen molar-refractivity contribution in [2.75, 3.05) is 36.0 Å². The highest BCUT2D eigenvalue weighted by Gasteiger charge is 2.21. The summed E-state index contributed by atoms with van der Waals surface area (Å²) in [6.45, 7) is 3.52. The number of nitrogens with two attached hydrogens (primary N) is 1. The van der Waals surface area contributed by atoms with Crippen LogP contribution in [0.25, 0.3) is 20.7 Å². The summed E-state index contributed by atoms with van der Waals surface area (Å²) in [5.74, 6) is 0.604. The molecule has 2 N–H and O–H groups in total. The van der Waals surface area contributed by atoms with Crippen LogP contribution in [0.2, 0.25) is 0 Å². The zero-order valence-corrected chi connectivity index (χ0v) is 17.2. The summed E-state index contributed by atoms with van der Waals surface area (Å²) in [7, 11) is 0. The molecule has 150 valence electrons. The second-order valence-corrected chi connectivity index (χ2v) is 8.31. The van der Waals surface area contributed by atoms with Crippen LogP contribution in [0.4, 0.5) is 11.5 Å². The Kier molecular flexibility index (Phi) is 4.80. The molecule has 0 radical (unpaired) electrons. The largest absolute Gasteiger partial charge is 0.368 e. The molecule has 1 saturated heterocycles. The van der Waals surface area contributed by atoms with E-state index >= 15 is 0 Å². The van der Waals surface area contributed by atoms with Gasteiger partial charge in [0.2, 0.25) is 5.91 Å². The second-order valence-electron chi connectivity index (χ2n) is 7.28. The Morgan fingerprint density at radius 1 is 0.900 bits per heavy atom. The summed E-state index contributed by atoms with van der Waals surface area (Å²) < 4.78 is 0. The number of benzene rings is 2. The minimum absolute atomic E-state index is 0.398. The third-order valence-electron chi connectivity index (χ3n) is 5.46. The smallest absolute Gasteiger partial charge is 0.248 e. The molecule has 0 saturated carbocycles. The van der Waals surface area contributed by atoms with Gasteiger partial charge in [-0.15, -0.1) is 11.3 Å². The molecule has 3 heterocycles. The van der Waals surface area contributed by atoms with E-state index in [0.29, 0.717) is 5.56 Å². The van der Waals surface area contributed by atoms with Crippen molar-refractivity contribution >= 4 is 39.0 Å². The van der Waals surface area contributed by atoms with Crippen LogP contribution in [0.15, 0.2) is 67.0 Å². The Labute approximate surface area is 178 Å². The fourth-order valence-corrected chi connectivity index (χ4v) is 4.85. The van der Waals surface area contributed by atoms with Crippen molar-refractivity contribution in [2.45, 2.75) is 0 Å². The molecule has 1 fully saturated rings. The van der Waals surface area contributed by atoms with E-state index in [1.807, 2.05) is 18.2 Å². The average Bonchev–Trinajstić information content (AvgIpc) is 3.24. The summed E-state index contributed by atoms with van der Waals surface area (Å²) in [6.07, 6.45) is 1.66. The highest BCUT2D eigenvalue weighted by atomic mass is 32.1. The van der Waals surface area contributed by atoms with Gasteiger partial charge < -0.3 is 15.5 Å². The van der Waals surface area contributed by atoms with Gasteiger partial charge in [0.15, 0.2) is 0 Å². The molecule has 1 aliphatic heterocycles. The van der Waals surface area contributed by atoms with E-state index in [1.165, 1.54) is 10.4 Å². The molecule has 0 unspecified atom stereocenters.